The van der Waals surface area contributed by atoms with Crippen molar-refractivity contribution in [3.05, 3.63) is 29.3 Å². The maximum absolute atomic E-state index is 12.2. The molecule has 0 spiro atoms. The van der Waals surface area contributed by atoms with Crippen LogP contribution in [0.25, 0.3) is 0 Å². The maximum Gasteiger partial charge on any atom is 0.251 e. The Labute approximate surface area is 130 Å². The predicted molar refractivity (Wildman–Crippen MR) is 81.7 cm³/mol. The number of phenolic OH excluding ortho intramolecular Hbond substituents is 1. The number of aryl methyl sites for hydroxylation is 1. The van der Waals surface area contributed by atoms with E-state index >= 15 is 0 Å². The molecule has 2 amide bonds. The fourth-order valence-electron chi connectivity index (χ4n) is 2.64. The molecular formula is C16H22N2O4. The molecule has 120 valence electrons. The van der Waals surface area contributed by atoms with E-state index in [4.69, 9.17) is 4.74 Å². The number of carbonyl (C=O) groups excluding carboxylic acids is 2. The van der Waals surface area contributed by atoms with Crippen LogP contribution >= 0.6 is 0 Å². The first-order chi connectivity index (χ1) is 10.5. The lowest BCUT2D eigenvalue weighted by Crippen LogP contribution is -2.32. The van der Waals surface area contributed by atoms with Crippen LogP contribution in [0.2, 0.25) is 0 Å². The van der Waals surface area contributed by atoms with Gasteiger partial charge in [-0.05, 0) is 30.7 Å². The van der Waals surface area contributed by atoms with Crippen LogP contribution in [0.15, 0.2) is 18.2 Å². The van der Waals surface area contributed by atoms with Gasteiger partial charge in [-0.2, -0.15) is 0 Å². The number of benzene rings is 1. The molecule has 1 aromatic carbocycles. The third-order valence-electron chi connectivity index (χ3n) is 3.87. The molecule has 0 aromatic heterocycles. The SMILES string of the molecule is COCCN1C[C@@H](CNC(=O)c2ccc(O)cc2C)CC1=O. The highest BCUT2D eigenvalue weighted by atomic mass is 16.5. The second kappa shape index (κ2) is 7.26. The number of ether oxygens (including phenoxy) is 1. The monoisotopic (exact) mass is 306 g/mol. The Bertz CT molecular complexity index is 559. The third kappa shape index (κ3) is 3.98. The topological polar surface area (TPSA) is 78.9 Å². The second-order valence-electron chi connectivity index (χ2n) is 5.61. The van der Waals surface area contributed by atoms with E-state index in [-0.39, 0.29) is 23.5 Å². The molecule has 6 nitrogen and oxygen atoms in total. The molecule has 1 aromatic rings. The van der Waals surface area contributed by atoms with E-state index in [9.17, 15) is 14.7 Å². The standard InChI is InChI=1S/C16H22N2O4/c1-11-7-13(19)3-4-14(11)16(21)17-9-12-8-15(20)18(10-12)5-6-22-2/h3-4,7,12,19H,5-6,8-10H2,1-2H3,(H,17,21)/t12-/m1/s1. The summed E-state index contributed by atoms with van der Waals surface area (Å²) in [6.07, 6.45) is 0.457. The van der Waals surface area contributed by atoms with Gasteiger partial charge < -0.3 is 20.1 Å². The summed E-state index contributed by atoms with van der Waals surface area (Å²) in [6.45, 7) is 4.01. The highest BCUT2D eigenvalue weighted by molar-refractivity contribution is 5.95. The number of hydrogen-bond acceptors (Lipinski definition) is 4. The number of phenols is 1. The van der Waals surface area contributed by atoms with Gasteiger partial charge in [0.1, 0.15) is 5.75 Å². The van der Waals surface area contributed by atoms with Crippen molar-refractivity contribution in [1.82, 2.24) is 10.2 Å². The quantitative estimate of drug-likeness (QED) is 0.819. The average Bonchev–Trinajstić information content (AvgIpc) is 2.83. The minimum absolute atomic E-state index is 0.108. The fraction of sp³-hybridized carbons (Fsp3) is 0.500. The van der Waals surface area contributed by atoms with Crippen LogP contribution in [-0.2, 0) is 9.53 Å². The summed E-state index contributed by atoms with van der Waals surface area (Å²) < 4.78 is 4.98. The second-order valence-corrected chi connectivity index (χ2v) is 5.61. The normalized spacial score (nSPS) is 17.8. The average molecular weight is 306 g/mol. The molecule has 1 fully saturated rings. The summed E-state index contributed by atoms with van der Waals surface area (Å²) in [4.78, 5) is 25.8. The molecule has 2 N–H and O–H groups in total. The summed E-state index contributed by atoms with van der Waals surface area (Å²) in [5.41, 5.74) is 1.26. The molecule has 0 radical (unpaired) electrons. The lowest BCUT2D eigenvalue weighted by Gasteiger charge is -2.16. The minimum Gasteiger partial charge on any atom is -0.508 e. The molecule has 1 aliphatic heterocycles. The lowest BCUT2D eigenvalue weighted by atomic mass is 10.1. The van der Waals surface area contributed by atoms with Crippen LogP contribution in [0.3, 0.4) is 0 Å². The van der Waals surface area contributed by atoms with Gasteiger partial charge >= 0.3 is 0 Å². The Hall–Kier alpha value is -2.08. The number of amides is 2. The van der Waals surface area contributed by atoms with E-state index in [2.05, 4.69) is 5.32 Å². The molecule has 0 aliphatic carbocycles. The fourth-order valence-corrected chi connectivity index (χ4v) is 2.64. The molecule has 0 unspecified atom stereocenters. The van der Waals surface area contributed by atoms with E-state index in [1.54, 1.807) is 31.1 Å². The van der Waals surface area contributed by atoms with Crippen LogP contribution in [-0.4, -0.2) is 55.2 Å². The van der Waals surface area contributed by atoms with Crippen molar-refractivity contribution in [2.45, 2.75) is 13.3 Å². The van der Waals surface area contributed by atoms with Gasteiger partial charge in [0.25, 0.3) is 5.91 Å². The molecule has 1 atom stereocenters. The zero-order valence-corrected chi connectivity index (χ0v) is 13.0. The van der Waals surface area contributed by atoms with E-state index < -0.39 is 0 Å². The lowest BCUT2D eigenvalue weighted by molar-refractivity contribution is -0.128. The Morgan fingerprint density at radius 2 is 2.27 bits per heavy atom. The molecule has 0 bridgehead atoms. The van der Waals surface area contributed by atoms with E-state index in [1.165, 1.54) is 6.07 Å². The number of carbonyl (C=O) groups is 2. The van der Waals surface area contributed by atoms with Crippen LogP contribution in [0.4, 0.5) is 0 Å². The highest BCUT2D eigenvalue weighted by Gasteiger charge is 2.29. The van der Waals surface area contributed by atoms with Gasteiger partial charge in [0, 0.05) is 44.6 Å². The van der Waals surface area contributed by atoms with Crippen LogP contribution < -0.4 is 5.32 Å². The highest BCUT2D eigenvalue weighted by Crippen LogP contribution is 2.18. The number of hydrogen-bond donors (Lipinski definition) is 2. The largest absolute Gasteiger partial charge is 0.508 e. The molecule has 22 heavy (non-hydrogen) atoms. The number of likely N-dealkylation sites (tertiary alicyclic amines) is 1. The first-order valence-electron chi connectivity index (χ1n) is 7.35. The smallest absolute Gasteiger partial charge is 0.251 e. The van der Waals surface area contributed by atoms with Crippen molar-refractivity contribution >= 4 is 11.8 Å². The van der Waals surface area contributed by atoms with Gasteiger partial charge in [-0.15, -0.1) is 0 Å². The number of methoxy groups -OCH3 is 1. The zero-order valence-electron chi connectivity index (χ0n) is 13.0. The van der Waals surface area contributed by atoms with Crippen LogP contribution in [0, 0.1) is 12.8 Å². The predicted octanol–water partition coefficient (Wildman–Crippen LogP) is 0.925. The molecule has 1 heterocycles. The van der Waals surface area contributed by atoms with E-state index in [0.29, 0.717) is 38.2 Å². The van der Waals surface area contributed by atoms with Crippen molar-refractivity contribution in [2.75, 3.05) is 33.4 Å². The molecular weight excluding hydrogens is 284 g/mol. The number of rotatable bonds is 6. The Kier molecular flexibility index (Phi) is 5.38. The summed E-state index contributed by atoms with van der Waals surface area (Å²) in [7, 11) is 1.61. The number of nitrogens with one attached hydrogen (secondary N) is 1. The first-order valence-corrected chi connectivity index (χ1v) is 7.35. The molecule has 2 rings (SSSR count). The van der Waals surface area contributed by atoms with Gasteiger partial charge in [-0.3, -0.25) is 9.59 Å². The third-order valence-corrected chi connectivity index (χ3v) is 3.87. The van der Waals surface area contributed by atoms with Crippen molar-refractivity contribution < 1.29 is 19.4 Å². The zero-order chi connectivity index (χ0) is 16.1. The van der Waals surface area contributed by atoms with Gasteiger partial charge in [0.15, 0.2) is 0 Å². The van der Waals surface area contributed by atoms with Crippen LogP contribution in [0.5, 0.6) is 5.75 Å². The van der Waals surface area contributed by atoms with Gasteiger partial charge in [-0.25, -0.2) is 0 Å². The summed E-state index contributed by atoms with van der Waals surface area (Å²) in [5.74, 6) is 0.201. The van der Waals surface area contributed by atoms with E-state index in [0.717, 1.165) is 5.56 Å². The summed E-state index contributed by atoms with van der Waals surface area (Å²) in [5, 5.41) is 12.2. The van der Waals surface area contributed by atoms with Crippen molar-refractivity contribution in [1.29, 1.82) is 0 Å². The minimum atomic E-state index is -0.180. The van der Waals surface area contributed by atoms with E-state index in [1.807, 2.05) is 0 Å². The Morgan fingerprint density at radius 1 is 1.50 bits per heavy atom. The van der Waals surface area contributed by atoms with Gasteiger partial charge in [0.2, 0.25) is 5.91 Å². The maximum atomic E-state index is 12.2. The summed E-state index contributed by atoms with van der Waals surface area (Å²) >= 11 is 0. The molecule has 1 aliphatic rings. The van der Waals surface area contributed by atoms with Crippen molar-refractivity contribution in [3.63, 3.8) is 0 Å². The van der Waals surface area contributed by atoms with Crippen molar-refractivity contribution in [3.8, 4) is 5.75 Å². The summed E-state index contributed by atoms with van der Waals surface area (Å²) in [6, 6.07) is 4.65. The number of nitrogens with zero attached hydrogens (tertiary/aromatic N) is 1. The van der Waals surface area contributed by atoms with Crippen molar-refractivity contribution in [2.24, 2.45) is 5.92 Å². The molecule has 6 heteroatoms. The molecule has 1 saturated heterocycles. The number of aromatic hydroxyl groups is 1. The molecule has 0 saturated carbocycles. The first kappa shape index (κ1) is 16.3. The Morgan fingerprint density at radius 3 is 2.95 bits per heavy atom. The Balaban J connectivity index is 1.85. The van der Waals surface area contributed by atoms with Gasteiger partial charge in [0.05, 0.1) is 6.61 Å². The van der Waals surface area contributed by atoms with Crippen LogP contribution in [0.1, 0.15) is 22.3 Å². The van der Waals surface area contributed by atoms with Gasteiger partial charge in [-0.1, -0.05) is 0 Å².